The normalized spacial score (nSPS) is 18.2. The lowest BCUT2D eigenvalue weighted by molar-refractivity contribution is -0.124. The van der Waals surface area contributed by atoms with Crippen molar-refractivity contribution in [1.82, 2.24) is 0 Å². The quantitative estimate of drug-likeness (QED) is 0.627. The molecule has 3 heteroatoms. The van der Waals surface area contributed by atoms with Gasteiger partial charge in [0.05, 0.1) is 12.1 Å². The van der Waals surface area contributed by atoms with Crippen LogP contribution < -0.4 is 0 Å². The first kappa shape index (κ1) is 10.7. The zero-order valence-corrected chi connectivity index (χ0v) is 8.20. The van der Waals surface area contributed by atoms with Gasteiger partial charge in [-0.1, -0.05) is 25.7 Å². The van der Waals surface area contributed by atoms with E-state index in [9.17, 15) is 4.79 Å². The Morgan fingerprint density at radius 3 is 2.00 bits per heavy atom. The van der Waals surface area contributed by atoms with Gasteiger partial charge in [0.1, 0.15) is 0 Å². The maximum absolute atomic E-state index is 11.7. The maximum Gasteiger partial charge on any atom is 0.191 e. The van der Waals surface area contributed by atoms with Gasteiger partial charge in [0.15, 0.2) is 11.7 Å². The summed E-state index contributed by atoms with van der Waals surface area (Å²) in [4.78, 5) is 11.7. The first-order valence-electron chi connectivity index (χ1n) is 5.12. The Labute approximate surface area is 84.3 Å². The molecule has 0 N–H and O–H groups in total. The zero-order valence-electron chi connectivity index (χ0n) is 8.20. The van der Waals surface area contributed by atoms with Crippen molar-refractivity contribution in [2.45, 2.75) is 38.5 Å². The zero-order chi connectivity index (χ0) is 10.4. The molecule has 0 unspecified atom stereocenters. The molecule has 1 fully saturated rings. The van der Waals surface area contributed by atoms with Crippen molar-refractivity contribution in [3.05, 3.63) is 0 Å². The third kappa shape index (κ3) is 2.57. The van der Waals surface area contributed by atoms with Crippen molar-refractivity contribution in [2.75, 3.05) is 0 Å². The molecular formula is C11H14N2O. The highest BCUT2D eigenvalue weighted by Crippen LogP contribution is 2.25. The van der Waals surface area contributed by atoms with Crippen LogP contribution in [0.5, 0.6) is 0 Å². The molecule has 3 nitrogen and oxygen atoms in total. The van der Waals surface area contributed by atoms with E-state index in [-0.39, 0.29) is 11.7 Å². The summed E-state index contributed by atoms with van der Waals surface area (Å²) in [5.41, 5.74) is 0. The number of nitrogens with zero attached hydrogens (tertiary/aromatic N) is 2. The van der Waals surface area contributed by atoms with Gasteiger partial charge in [-0.2, -0.15) is 10.5 Å². The number of nitriles is 2. The molecule has 0 saturated heterocycles. The largest absolute Gasteiger partial charge is 0.297 e. The Hall–Kier alpha value is -1.35. The molecule has 0 bridgehead atoms. The molecule has 0 aromatic carbocycles. The van der Waals surface area contributed by atoms with E-state index in [1.165, 1.54) is 12.8 Å². The van der Waals surface area contributed by atoms with Gasteiger partial charge in [-0.3, -0.25) is 4.79 Å². The third-order valence-corrected chi connectivity index (χ3v) is 2.80. The fraction of sp³-hybridized carbons (Fsp3) is 0.727. The summed E-state index contributed by atoms with van der Waals surface area (Å²) in [6.07, 6.45) is 6.18. The van der Waals surface area contributed by atoms with E-state index in [4.69, 9.17) is 10.5 Å². The molecule has 0 aromatic heterocycles. The Kier molecular flexibility index (Phi) is 4.13. The topological polar surface area (TPSA) is 64.7 Å². The second-order valence-corrected chi connectivity index (χ2v) is 3.78. The molecule has 0 heterocycles. The van der Waals surface area contributed by atoms with E-state index in [0.717, 1.165) is 25.7 Å². The van der Waals surface area contributed by atoms with E-state index in [0.29, 0.717) is 0 Å². The maximum atomic E-state index is 11.7. The molecule has 0 atom stereocenters. The van der Waals surface area contributed by atoms with E-state index in [1.54, 1.807) is 12.1 Å². The van der Waals surface area contributed by atoms with Gasteiger partial charge < -0.3 is 0 Å². The van der Waals surface area contributed by atoms with Crippen molar-refractivity contribution in [3.8, 4) is 12.1 Å². The van der Waals surface area contributed by atoms with Crippen LogP contribution in [0.15, 0.2) is 0 Å². The SMILES string of the molecule is N#CC(C#N)C(=O)C1CCCCCC1. The van der Waals surface area contributed by atoms with Crippen molar-refractivity contribution < 1.29 is 4.79 Å². The van der Waals surface area contributed by atoms with Crippen LogP contribution in [0.4, 0.5) is 0 Å². The van der Waals surface area contributed by atoms with Crippen LogP contribution in [-0.2, 0) is 4.79 Å². The van der Waals surface area contributed by atoms with Crippen LogP contribution in [0.2, 0.25) is 0 Å². The number of carbonyl (C=O) groups excluding carboxylic acids is 1. The van der Waals surface area contributed by atoms with Crippen LogP contribution in [-0.4, -0.2) is 5.78 Å². The van der Waals surface area contributed by atoms with Crippen molar-refractivity contribution in [2.24, 2.45) is 11.8 Å². The molecule has 0 spiro atoms. The summed E-state index contributed by atoms with van der Waals surface area (Å²) in [5, 5.41) is 17.2. The lowest BCUT2D eigenvalue weighted by Gasteiger charge is -2.11. The van der Waals surface area contributed by atoms with Crippen molar-refractivity contribution >= 4 is 5.78 Å². The van der Waals surface area contributed by atoms with E-state index >= 15 is 0 Å². The molecular weight excluding hydrogens is 176 g/mol. The average Bonchev–Trinajstić information content (AvgIpc) is 2.47. The van der Waals surface area contributed by atoms with Crippen LogP contribution >= 0.6 is 0 Å². The number of rotatable bonds is 2. The summed E-state index contributed by atoms with van der Waals surface area (Å²) in [6, 6.07) is 3.52. The smallest absolute Gasteiger partial charge is 0.191 e. The van der Waals surface area contributed by atoms with Gasteiger partial charge >= 0.3 is 0 Å². The molecule has 1 saturated carbocycles. The van der Waals surface area contributed by atoms with Gasteiger partial charge in [-0.25, -0.2) is 0 Å². The van der Waals surface area contributed by atoms with Gasteiger partial charge in [0.2, 0.25) is 0 Å². The van der Waals surface area contributed by atoms with Gasteiger partial charge in [0, 0.05) is 5.92 Å². The fourth-order valence-electron chi connectivity index (χ4n) is 1.96. The highest BCUT2D eigenvalue weighted by atomic mass is 16.1. The van der Waals surface area contributed by atoms with Gasteiger partial charge in [-0.05, 0) is 12.8 Å². The molecule has 1 aliphatic carbocycles. The summed E-state index contributed by atoms with van der Waals surface area (Å²) >= 11 is 0. The van der Waals surface area contributed by atoms with Crippen LogP contribution in [0, 0.1) is 34.5 Å². The standard InChI is InChI=1S/C11H14N2O/c12-7-10(8-13)11(14)9-5-3-1-2-4-6-9/h9-10H,1-6H2. The van der Waals surface area contributed by atoms with Gasteiger partial charge in [0.25, 0.3) is 0 Å². The van der Waals surface area contributed by atoms with E-state index in [2.05, 4.69) is 0 Å². The fourth-order valence-corrected chi connectivity index (χ4v) is 1.96. The molecule has 1 rings (SSSR count). The lowest BCUT2D eigenvalue weighted by Crippen LogP contribution is -2.21. The molecule has 14 heavy (non-hydrogen) atoms. The molecule has 0 aromatic rings. The Morgan fingerprint density at radius 1 is 1.07 bits per heavy atom. The summed E-state index contributed by atoms with van der Waals surface area (Å²) in [6.45, 7) is 0. The Morgan fingerprint density at radius 2 is 1.57 bits per heavy atom. The minimum absolute atomic E-state index is 0.0400. The number of hydrogen-bond acceptors (Lipinski definition) is 3. The van der Waals surface area contributed by atoms with Crippen molar-refractivity contribution in [3.63, 3.8) is 0 Å². The number of carbonyl (C=O) groups is 1. The van der Waals surface area contributed by atoms with Gasteiger partial charge in [-0.15, -0.1) is 0 Å². The number of Topliss-reactive ketones (excluding diaryl/α,β-unsaturated/α-hetero) is 1. The predicted molar refractivity (Wildman–Crippen MR) is 50.9 cm³/mol. The molecule has 1 aliphatic rings. The first-order valence-corrected chi connectivity index (χ1v) is 5.12. The first-order chi connectivity index (χ1) is 6.79. The highest BCUT2D eigenvalue weighted by molar-refractivity contribution is 5.87. The van der Waals surface area contributed by atoms with E-state index < -0.39 is 5.92 Å². The van der Waals surface area contributed by atoms with Crippen LogP contribution in [0.25, 0.3) is 0 Å². The Balaban J connectivity index is 2.59. The second kappa shape index (κ2) is 5.40. The average molecular weight is 190 g/mol. The minimum Gasteiger partial charge on any atom is -0.297 e. The second-order valence-electron chi connectivity index (χ2n) is 3.78. The molecule has 74 valence electrons. The Bertz CT molecular complexity index is 263. The number of hydrogen-bond donors (Lipinski definition) is 0. The van der Waals surface area contributed by atoms with Crippen molar-refractivity contribution in [1.29, 1.82) is 10.5 Å². The summed E-state index contributed by atoms with van der Waals surface area (Å²) in [5.74, 6) is -1.24. The van der Waals surface area contributed by atoms with Crippen LogP contribution in [0.1, 0.15) is 38.5 Å². The number of ketones is 1. The molecule has 0 radical (unpaired) electrons. The monoisotopic (exact) mass is 190 g/mol. The lowest BCUT2D eigenvalue weighted by atomic mass is 9.89. The summed E-state index contributed by atoms with van der Waals surface area (Å²) < 4.78 is 0. The predicted octanol–water partition coefficient (Wildman–Crippen LogP) is 2.19. The third-order valence-electron chi connectivity index (χ3n) is 2.80. The summed E-state index contributed by atoms with van der Waals surface area (Å²) in [7, 11) is 0. The highest BCUT2D eigenvalue weighted by Gasteiger charge is 2.26. The molecule has 0 amide bonds. The minimum atomic E-state index is -1.04. The van der Waals surface area contributed by atoms with E-state index in [1.807, 2.05) is 0 Å². The van der Waals surface area contributed by atoms with Crippen LogP contribution in [0.3, 0.4) is 0 Å². The molecule has 0 aliphatic heterocycles.